The van der Waals surface area contributed by atoms with Crippen LogP contribution in [0.2, 0.25) is 0 Å². The first-order chi connectivity index (χ1) is 5.42. The molecule has 0 atom stereocenters. The Labute approximate surface area is 69.4 Å². The van der Waals surface area contributed by atoms with Crippen molar-refractivity contribution in [2.24, 2.45) is 0 Å². The van der Waals surface area contributed by atoms with Crippen molar-refractivity contribution in [1.29, 1.82) is 0 Å². The van der Waals surface area contributed by atoms with Crippen molar-refractivity contribution in [3.63, 3.8) is 0 Å². The molecular formula is C8H7ClN2. The zero-order valence-electron chi connectivity index (χ0n) is 5.87. The average Bonchev–Trinajstić information content (AvgIpc) is 2.47. The minimum Gasteiger partial charge on any atom is -0.250 e. The lowest BCUT2D eigenvalue weighted by molar-refractivity contribution is 0.772. The molecule has 3 heteroatoms. The second-order valence-corrected chi connectivity index (χ2v) is 2.56. The molecule has 0 N–H and O–H groups in total. The van der Waals surface area contributed by atoms with Crippen molar-refractivity contribution < 1.29 is 0 Å². The standard InChI is InChI=1S/C8H7ClN2/c9-6-11-8-4-2-1-3-7(8)5-10-11/h1-5H,6H2. The predicted molar refractivity (Wildman–Crippen MR) is 45.6 cm³/mol. The Bertz CT molecular complexity index is 367. The Kier molecular flexibility index (Phi) is 1.55. The van der Waals surface area contributed by atoms with Crippen LogP contribution in [0, 0.1) is 0 Å². The van der Waals surface area contributed by atoms with Crippen LogP contribution in [-0.4, -0.2) is 9.78 Å². The second-order valence-electron chi connectivity index (χ2n) is 2.32. The van der Waals surface area contributed by atoms with E-state index >= 15 is 0 Å². The van der Waals surface area contributed by atoms with Crippen LogP contribution in [0.5, 0.6) is 0 Å². The lowest BCUT2D eigenvalue weighted by Crippen LogP contribution is -1.92. The molecule has 0 bridgehead atoms. The third-order valence-electron chi connectivity index (χ3n) is 1.66. The lowest BCUT2D eigenvalue weighted by Gasteiger charge is -1.94. The van der Waals surface area contributed by atoms with Crippen LogP contribution >= 0.6 is 11.6 Å². The Morgan fingerprint density at radius 3 is 3.00 bits per heavy atom. The van der Waals surface area contributed by atoms with Gasteiger partial charge in [-0.25, -0.2) is 4.68 Å². The molecule has 1 aromatic heterocycles. The van der Waals surface area contributed by atoms with Crippen LogP contribution in [0.25, 0.3) is 10.9 Å². The van der Waals surface area contributed by atoms with Gasteiger partial charge in [0, 0.05) is 5.39 Å². The first-order valence-electron chi connectivity index (χ1n) is 3.38. The van der Waals surface area contributed by atoms with Crippen LogP contribution in [0.15, 0.2) is 30.5 Å². The van der Waals surface area contributed by atoms with E-state index in [4.69, 9.17) is 11.6 Å². The van der Waals surface area contributed by atoms with Gasteiger partial charge in [-0.2, -0.15) is 5.10 Å². The Hall–Kier alpha value is -1.02. The summed E-state index contributed by atoms with van der Waals surface area (Å²) in [5.41, 5.74) is 1.09. The number of nitrogens with zero attached hydrogens (tertiary/aromatic N) is 2. The summed E-state index contributed by atoms with van der Waals surface area (Å²) in [6.45, 7) is 0. The van der Waals surface area contributed by atoms with E-state index in [0.717, 1.165) is 10.9 Å². The van der Waals surface area contributed by atoms with E-state index in [0.29, 0.717) is 6.00 Å². The van der Waals surface area contributed by atoms with Gasteiger partial charge in [0.25, 0.3) is 0 Å². The lowest BCUT2D eigenvalue weighted by atomic mass is 10.3. The number of rotatable bonds is 1. The summed E-state index contributed by atoms with van der Waals surface area (Å²) < 4.78 is 1.76. The molecule has 0 saturated carbocycles. The van der Waals surface area contributed by atoms with Crippen LogP contribution in [0.3, 0.4) is 0 Å². The number of fused-ring (bicyclic) bond motifs is 1. The van der Waals surface area contributed by atoms with Gasteiger partial charge in [0.05, 0.1) is 11.7 Å². The van der Waals surface area contributed by atoms with Crippen molar-refractivity contribution >= 4 is 22.5 Å². The van der Waals surface area contributed by atoms with E-state index in [1.54, 1.807) is 4.68 Å². The van der Waals surface area contributed by atoms with Gasteiger partial charge in [-0.05, 0) is 6.07 Å². The first kappa shape index (κ1) is 6.68. The smallest absolute Gasteiger partial charge is 0.116 e. The molecule has 56 valence electrons. The maximum Gasteiger partial charge on any atom is 0.116 e. The summed E-state index contributed by atoms with van der Waals surface area (Å²) in [5.74, 6) is 0. The van der Waals surface area contributed by atoms with Gasteiger partial charge < -0.3 is 0 Å². The summed E-state index contributed by atoms with van der Waals surface area (Å²) in [4.78, 5) is 0. The summed E-state index contributed by atoms with van der Waals surface area (Å²) in [7, 11) is 0. The van der Waals surface area contributed by atoms with E-state index in [9.17, 15) is 0 Å². The molecule has 0 spiro atoms. The number of benzene rings is 1. The highest BCUT2D eigenvalue weighted by atomic mass is 35.5. The van der Waals surface area contributed by atoms with Crippen molar-refractivity contribution in [2.75, 3.05) is 0 Å². The minimum atomic E-state index is 0.410. The van der Waals surface area contributed by atoms with Crippen molar-refractivity contribution in [3.8, 4) is 0 Å². The van der Waals surface area contributed by atoms with Crippen molar-refractivity contribution in [1.82, 2.24) is 9.78 Å². The van der Waals surface area contributed by atoms with Crippen LogP contribution in [0.1, 0.15) is 0 Å². The maximum absolute atomic E-state index is 5.65. The zero-order valence-corrected chi connectivity index (χ0v) is 6.62. The Morgan fingerprint density at radius 2 is 2.18 bits per heavy atom. The van der Waals surface area contributed by atoms with Gasteiger partial charge in [0.15, 0.2) is 0 Å². The molecule has 0 fully saturated rings. The molecule has 0 amide bonds. The molecule has 1 heterocycles. The van der Waals surface area contributed by atoms with Gasteiger partial charge in [-0.3, -0.25) is 0 Å². The molecule has 0 aliphatic carbocycles. The molecular weight excluding hydrogens is 160 g/mol. The van der Waals surface area contributed by atoms with Crippen LogP contribution < -0.4 is 0 Å². The van der Waals surface area contributed by atoms with E-state index in [1.807, 2.05) is 30.5 Å². The molecule has 0 aliphatic heterocycles. The largest absolute Gasteiger partial charge is 0.250 e. The number of halogens is 1. The highest BCUT2D eigenvalue weighted by molar-refractivity contribution is 6.15. The van der Waals surface area contributed by atoms with Gasteiger partial charge in [0.1, 0.15) is 6.00 Å². The van der Waals surface area contributed by atoms with Crippen molar-refractivity contribution in [2.45, 2.75) is 6.00 Å². The fraction of sp³-hybridized carbons (Fsp3) is 0.125. The van der Waals surface area contributed by atoms with E-state index in [-0.39, 0.29) is 0 Å². The summed E-state index contributed by atoms with van der Waals surface area (Å²) in [6.07, 6.45) is 1.82. The number of aromatic nitrogens is 2. The third kappa shape index (κ3) is 0.994. The van der Waals surface area contributed by atoms with E-state index < -0.39 is 0 Å². The highest BCUT2D eigenvalue weighted by Crippen LogP contribution is 2.12. The Balaban J connectivity index is 2.76. The molecule has 0 radical (unpaired) electrons. The molecule has 2 rings (SSSR count). The van der Waals surface area contributed by atoms with Gasteiger partial charge in [0.2, 0.25) is 0 Å². The Morgan fingerprint density at radius 1 is 1.36 bits per heavy atom. The molecule has 2 nitrogen and oxygen atoms in total. The predicted octanol–water partition coefficient (Wildman–Crippen LogP) is 2.23. The van der Waals surface area contributed by atoms with Gasteiger partial charge in [-0.1, -0.05) is 18.2 Å². The van der Waals surface area contributed by atoms with Crippen LogP contribution in [-0.2, 0) is 6.00 Å². The normalized spacial score (nSPS) is 10.6. The third-order valence-corrected chi connectivity index (χ3v) is 1.89. The fourth-order valence-electron chi connectivity index (χ4n) is 1.12. The minimum absolute atomic E-state index is 0.410. The summed E-state index contributed by atoms with van der Waals surface area (Å²) in [5, 5.41) is 5.23. The monoisotopic (exact) mass is 166 g/mol. The quantitative estimate of drug-likeness (QED) is 0.594. The van der Waals surface area contributed by atoms with Crippen LogP contribution in [0.4, 0.5) is 0 Å². The highest BCUT2D eigenvalue weighted by Gasteiger charge is 1.97. The van der Waals surface area contributed by atoms with Gasteiger partial charge >= 0.3 is 0 Å². The second kappa shape index (κ2) is 2.55. The number of para-hydroxylation sites is 1. The molecule has 0 aliphatic rings. The van der Waals surface area contributed by atoms with Gasteiger partial charge in [-0.15, -0.1) is 11.6 Å². The topological polar surface area (TPSA) is 17.8 Å². The fourth-order valence-corrected chi connectivity index (χ4v) is 1.31. The molecule has 11 heavy (non-hydrogen) atoms. The first-order valence-corrected chi connectivity index (χ1v) is 3.92. The molecule has 1 aromatic carbocycles. The summed E-state index contributed by atoms with van der Waals surface area (Å²) >= 11 is 5.65. The number of alkyl halides is 1. The van der Waals surface area contributed by atoms with Crippen molar-refractivity contribution in [3.05, 3.63) is 30.5 Å². The number of hydrogen-bond acceptors (Lipinski definition) is 1. The number of hydrogen-bond donors (Lipinski definition) is 0. The maximum atomic E-state index is 5.65. The molecule has 0 unspecified atom stereocenters. The average molecular weight is 167 g/mol. The summed E-state index contributed by atoms with van der Waals surface area (Å²) in [6, 6.07) is 8.40. The molecule has 0 saturated heterocycles. The zero-order chi connectivity index (χ0) is 7.68. The molecule has 2 aromatic rings. The van der Waals surface area contributed by atoms with E-state index in [2.05, 4.69) is 5.10 Å². The SMILES string of the molecule is ClCn1ncc2ccccc21. The van der Waals surface area contributed by atoms with E-state index in [1.165, 1.54) is 0 Å².